The quantitative estimate of drug-likeness (QED) is 0.453. The molecule has 0 saturated carbocycles. The SMILES string of the molecule is CC1(C)C2=C(c3ccc4c(c31)CC(C)(C)N4[O-])c1ccc3c(c1C2(C)C)CC(C)(C)[N+]3=O. The fourth-order valence-corrected chi connectivity index (χ4v) is 7.59. The van der Waals surface area contributed by atoms with Crippen LogP contribution < -0.4 is 5.06 Å². The van der Waals surface area contributed by atoms with Gasteiger partial charge in [0.05, 0.1) is 0 Å². The standard InChI is InChI=1S/C28H32N2O2/c1-25(2)13-17-19(29(25)31)11-9-15-21-16-10-12-20-18(14-26(3,4)30(20)32)23(16)28(7,8)24(21)27(5,6)22(15)17/h9-12H,13-14H2,1-8H3. The van der Waals surface area contributed by atoms with Crippen LogP contribution in [0.15, 0.2) is 29.8 Å². The van der Waals surface area contributed by atoms with Crippen LogP contribution in [-0.4, -0.2) is 15.8 Å². The lowest BCUT2D eigenvalue weighted by Crippen LogP contribution is -2.36. The van der Waals surface area contributed by atoms with Crippen LogP contribution in [0.25, 0.3) is 5.57 Å². The van der Waals surface area contributed by atoms with Crippen molar-refractivity contribution < 1.29 is 4.76 Å². The van der Waals surface area contributed by atoms with Gasteiger partial charge in [-0.1, -0.05) is 33.8 Å². The number of rotatable bonds is 0. The molecule has 2 aliphatic heterocycles. The fourth-order valence-electron chi connectivity index (χ4n) is 7.59. The molecule has 0 bridgehead atoms. The molecule has 2 aromatic rings. The number of nitroso groups, excluding NO2 is 1. The Morgan fingerprint density at radius 3 is 2.00 bits per heavy atom. The van der Waals surface area contributed by atoms with E-state index in [2.05, 4.69) is 39.8 Å². The average Bonchev–Trinajstić information content (AvgIpc) is 3.25. The van der Waals surface area contributed by atoms with Crippen LogP contribution in [0.3, 0.4) is 0 Å². The van der Waals surface area contributed by atoms with Crippen molar-refractivity contribution in [3.63, 3.8) is 0 Å². The number of hydroxylamine groups is 1. The summed E-state index contributed by atoms with van der Waals surface area (Å²) in [5, 5.41) is 14.2. The molecule has 0 saturated heterocycles. The van der Waals surface area contributed by atoms with Crippen molar-refractivity contribution in [2.45, 2.75) is 90.1 Å². The Morgan fingerprint density at radius 1 is 0.812 bits per heavy atom. The lowest BCUT2D eigenvalue weighted by Gasteiger charge is -2.40. The van der Waals surface area contributed by atoms with Gasteiger partial charge in [0.2, 0.25) is 5.54 Å². The Kier molecular flexibility index (Phi) is 3.38. The summed E-state index contributed by atoms with van der Waals surface area (Å²) in [5.74, 6) is 0. The zero-order valence-electron chi connectivity index (χ0n) is 20.4. The van der Waals surface area contributed by atoms with E-state index in [4.69, 9.17) is 0 Å². The van der Waals surface area contributed by atoms with Crippen molar-refractivity contribution >= 4 is 16.9 Å². The molecule has 0 spiro atoms. The number of fused-ring (bicyclic) bond motifs is 8. The van der Waals surface area contributed by atoms with Crippen LogP contribution in [0.1, 0.15) is 88.8 Å². The molecule has 32 heavy (non-hydrogen) atoms. The van der Waals surface area contributed by atoms with Gasteiger partial charge in [-0.15, -0.1) is 0 Å². The van der Waals surface area contributed by atoms with E-state index in [0.29, 0.717) is 0 Å². The summed E-state index contributed by atoms with van der Waals surface area (Å²) in [5.41, 5.74) is 10.9. The summed E-state index contributed by atoms with van der Waals surface area (Å²) < 4.78 is 1.21. The van der Waals surface area contributed by atoms with Crippen molar-refractivity contribution in [1.29, 1.82) is 0 Å². The van der Waals surface area contributed by atoms with Gasteiger partial charge in [0, 0.05) is 63.6 Å². The number of hydrogen-bond acceptors (Lipinski definition) is 3. The molecule has 166 valence electrons. The molecule has 0 atom stereocenters. The Labute approximate surface area is 190 Å². The molecule has 0 fully saturated rings. The summed E-state index contributed by atoms with van der Waals surface area (Å²) in [4.78, 5) is 13.0. The van der Waals surface area contributed by atoms with E-state index in [1.807, 2.05) is 39.8 Å². The third-order valence-electron chi connectivity index (χ3n) is 8.62. The van der Waals surface area contributed by atoms with E-state index < -0.39 is 11.1 Å². The van der Waals surface area contributed by atoms with Crippen molar-refractivity contribution in [3.05, 3.63) is 73.3 Å². The highest BCUT2D eigenvalue weighted by Gasteiger charge is 2.57. The monoisotopic (exact) mass is 428 g/mol. The molecule has 0 unspecified atom stereocenters. The highest BCUT2D eigenvalue weighted by Crippen LogP contribution is 2.65. The smallest absolute Gasteiger partial charge is 0.260 e. The minimum atomic E-state index is -0.419. The zero-order valence-corrected chi connectivity index (χ0v) is 20.4. The molecule has 0 radical (unpaired) electrons. The highest BCUT2D eigenvalue weighted by molar-refractivity contribution is 5.99. The number of anilines is 1. The van der Waals surface area contributed by atoms with Crippen LogP contribution >= 0.6 is 0 Å². The Bertz CT molecular complexity index is 1310. The second kappa shape index (κ2) is 5.36. The zero-order chi connectivity index (χ0) is 23.2. The summed E-state index contributed by atoms with van der Waals surface area (Å²) in [6.07, 6.45) is 1.55. The van der Waals surface area contributed by atoms with Gasteiger partial charge in [-0.3, -0.25) is 0 Å². The minimum Gasteiger partial charge on any atom is -0.758 e. The van der Waals surface area contributed by atoms with Crippen LogP contribution in [0.4, 0.5) is 11.4 Å². The van der Waals surface area contributed by atoms with Crippen LogP contribution in [0.5, 0.6) is 0 Å². The van der Waals surface area contributed by atoms with Crippen LogP contribution in [0, 0.1) is 10.1 Å². The molecular weight excluding hydrogens is 396 g/mol. The largest absolute Gasteiger partial charge is 0.758 e. The number of hydrogen-bond donors (Lipinski definition) is 0. The molecule has 2 heterocycles. The van der Waals surface area contributed by atoms with E-state index in [0.717, 1.165) is 24.2 Å². The fraction of sp³-hybridized carbons (Fsp3) is 0.500. The molecule has 6 rings (SSSR count). The second-order valence-corrected chi connectivity index (χ2v) is 12.5. The highest BCUT2D eigenvalue weighted by atomic mass is 16.5. The summed E-state index contributed by atoms with van der Waals surface area (Å²) in [6, 6.07) is 8.41. The van der Waals surface area contributed by atoms with Crippen molar-refractivity contribution in [3.8, 4) is 0 Å². The Hall–Kier alpha value is -2.46. The van der Waals surface area contributed by atoms with Gasteiger partial charge in [0.15, 0.2) is 0 Å². The molecule has 2 aliphatic carbocycles. The van der Waals surface area contributed by atoms with E-state index in [1.54, 1.807) is 0 Å². The van der Waals surface area contributed by atoms with Gasteiger partial charge in [-0.05, 0) is 71.4 Å². The maximum absolute atomic E-state index is 13.0. The Balaban J connectivity index is 1.64. The van der Waals surface area contributed by atoms with E-state index in [-0.39, 0.29) is 10.8 Å². The van der Waals surface area contributed by atoms with Crippen LogP contribution in [-0.2, 0) is 23.7 Å². The molecule has 4 aliphatic rings. The lowest BCUT2D eigenvalue weighted by atomic mass is 9.66. The Morgan fingerprint density at radius 2 is 1.38 bits per heavy atom. The first kappa shape index (κ1) is 20.2. The molecule has 0 aromatic heterocycles. The predicted molar refractivity (Wildman–Crippen MR) is 130 cm³/mol. The molecule has 4 nitrogen and oxygen atoms in total. The third kappa shape index (κ3) is 2.04. The predicted octanol–water partition coefficient (Wildman–Crippen LogP) is 6.45. The normalized spacial score (nSPS) is 24.4. The first-order valence-corrected chi connectivity index (χ1v) is 11.7. The lowest BCUT2D eigenvalue weighted by molar-refractivity contribution is -0.533. The van der Waals surface area contributed by atoms with E-state index >= 15 is 0 Å². The average molecular weight is 429 g/mol. The molecular formula is C28H32N2O2. The second-order valence-electron chi connectivity index (χ2n) is 12.5. The topological polar surface area (TPSA) is 46.4 Å². The van der Waals surface area contributed by atoms with Gasteiger partial charge >= 0.3 is 0 Å². The molecule has 4 heteroatoms. The van der Waals surface area contributed by atoms with E-state index in [1.165, 1.54) is 54.4 Å². The van der Waals surface area contributed by atoms with E-state index in [9.17, 15) is 10.1 Å². The first-order valence-electron chi connectivity index (χ1n) is 11.7. The van der Waals surface area contributed by atoms with Gasteiger partial charge in [0.1, 0.15) is 0 Å². The van der Waals surface area contributed by atoms with Gasteiger partial charge in [-0.2, -0.15) is 0 Å². The number of benzene rings is 2. The summed E-state index contributed by atoms with van der Waals surface area (Å²) >= 11 is 0. The number of nitrogens with zero attached hydrogens (tertiary/aromatic N) is 2. The third-order valence-corrected chi connectivity index (χ3v) is 8.62. The molecule has 0 N–H and O–H groups in total. The van der Waals surface area contributed by atoms with Crippen molar-refractivity contribution in [2.75, 3.05) is 5.06 Å². The van der Waals surface area contributed by atoms with Crippen molar-refractivity contribution in [2.24, 2.45) is 0 Å². The molecule has 2 aromatic carbocycles. The number of allylic oxidation sites excluding steroid dienone is 1. The van der Waals surface area contributed by atoms with Gasteiger partial charge in [0.25, 0.3) is 5.69 Å². The van der Waals surface area contributed by atoms with Crippen LogP contribution in [0.2, 0.25) is 0 Å². The van der Waals surface area contributed by atoms with Gasteiger partial charge < -0.3 is 10.3 Å². The summed E-state index contributed by atoms with van der Waals surface area (Å²) in [6.45, 7) is 17.4. The minimum absolute atomic E-state index is 0.183. The summed E-state index contributed by atoms with van der Waals surface area (Å²) in [7, 11) is 0. The first-order chi connectivity index (χ1) is 14.7. The maximum atomic E-state index is 13.0. The molecule has 0 amide bonds. The maximum Gasteiger partial charge on any atom is 0.260 e. The van der Waals surface area contributed by atoms with Crippen molar-refractivity contribution in [1.82, 2.24) is 0 Å². The van der Waals surface area contributed by atoms with Gasteiger partial charge in [-0.25, -0.2) is 0 Å².